The third kappa shape index (κ3) is 1.88. The summed E-state index contributed by atoms with van der Waals surface area (Å²) in [6.07, 6.45) is 5.16. The fourth-order valence-electron chi connectivity index (χ4n) is 2.99. The summed E-state index contributed by atoms with van der Waals surface area (Å²) in [7, 11) is 0. The number of imidazole rings is 1. The first-order valence-electron chi connectivity index (χ1n) is 7.29. The zero-order valence-corrected chi connectivity index (χ0v) is 12.7. The zero-order valence-electron chi connectivity index (χ0n) is 11.9. The van der Waals surface area contributed by atoms with Crippen LogP contribution in [0.2, 0.25) is 0 Å². The molecule has 0 atom stereocenters. The van der Waals surface area contributed by atoms with Crippen LogP contribution in [-0.2, 0) is 12.8 Å². The van der Waals surface area contributed by atoms with Gasteiger partial charge in [0, 0.05) is 4.88 Å². The molecule has 102 valence electrons. The van der Waals surface area contributed by atoms with Crippen molar-refractivity contribution in [2.45, 2.75) is 39.5 Å². The van der Waals surface area contributed by atoms with Crippen LogP contribution in [-0.4, -0.2) is 9.97 Å². The van der Waals surface area contributed by atoms with Crippen LogP contribution in [0.25, 0.3) is 21.7 Å². The Morgan fingerprint density at radius 3 is 2.70 bits per heavy atom. The molecule has 20 heavy (non-hydrogen) atoms. The molecule has 2 nitrogen and oxygen atoms in total. The molecule has 1 N–H and O–H groups in total. The monoisotopic (exact) mass is 282 g/mol. The molecular weight excluding hydrogens is 264 g/mol. The van der Waals surface area contributed by atoms with E-state index in [0.29, 0.717) is 0 Å². The smallest absolute Gasteiger partial charge is 0.148 e. The highest BCUT2D eigenvalue weighted by atomic mass is 32.1. The Labute approximate surface area is 122 Å². The van der Waals surface area contributed by atoms with Gasteiger partial charge in [-0.05, 0) is 74.4 Å². The van der Waals surface area contributed by atoms with Crippen molar-refractivity contribution in [3.63, 3.8) is 0 Å². The lowest BCUT2D eigenvalue weighted by Gasteiger charge is -2.08. The van der Waals surface area contributed by atoms with E-state index >= 15 is 0 Å². The van der Waals surface area contributed by atoms with E-state index < -0.39 is 0 Å². The third-order valence-corrected chi connectivity index (χ3v) is 5.57. The van der Waals surface area contributed by atoms with E-state index in [1.165, 1.54) is 41.7 Å². The molecule has 2 heterocycles. The topological polar surface area (TPSA) is 28.7 Å². The van der Waals surface area contributed by atoms with Crippen LogP contribution in [0, 0.1) is 13.8 Å². The van der Waals surface area contributed by atoms with Gasteiger partial charge in [-0.15, -0.1) is 11.3 Å². The summed E-state index contributed by atoms with van der Waals surface area (Å²) in [6, 6.07) is 6.73. The second-order valence-corrected chi connectivity index (χ2v) is 6.94. The van der Waals surface area contributed by atoms with Gasteiger partial charge in [-0.3, -0.25) is 0 Å². The molecule has 0 aliphatic heterocycles. The molecule has 0 unspecified atom stereocenters. The molecule has 4 rings (SSSR count). The zero-order chi connectivity index (χ0) is 13.7. The van der Waals surface area contributed by atoms with E-state index in [2.05, 4.69) is 37.0 Å². The van der Waals surface area contributed by atoms with Gasteiger partial charge in [-0.25, -0.2) is 4.98 Å². The van der Waals surface area contributed by atoms with Crippen molar-refractivity contribution in [1.29, 1.82) is 0 Å². The summed E-state index contributed by atoms with van der Waals surface area (Å²) < 4.78 is 0. The summed E-state index contributed by atoms with van der Waals surface area (Å²) in [5.41, 5.74) is 6.40. The number of nitrogens with one attached hydrogen (secondary N) is 1. The van der Waals surface area contributed by atoms with Crippen LogP contribution >= 0.6 is 11.3 Å². The third-order valence-electron chi connectivity index (χ3n) is 4.33. The van der Waals surface area contributed by atoms with E-state index in [9.17, 15) is 0 Å². The quantitative estimate of drug-likeness (QED) is 0.683. The van der Waals surface area contributed by atoms with Crippen molar-refractivity contribution in [1.82, 2.24) is 9.97 Å². The summed E-state index contributed by atoms with van der Waals surface area (Å²) in [4.78, 5) is 11.1. The fraction of sp³-hybridized carbons (Fsp3) is 0.353. The average molecular weight is 282 g/mol. The number of aryl methyl sites for hydroxylation is 4. The first kappa shape index (κ1) is 12.2. The van der Waals surface area contributed by atoms with Crippen LogP contribution in [0.5, 0.6) is 0 Å². The maximum atomic E-state index is 4.78. The molecule has 3 aromatic rings. The number of rotatable bonds is 1. The standard InChI is InChI=1S/C17H18N2S/c1-10-7-13-14(8-11(10)2)19-17(18-13)16-9-12-5-3-4-6-15(12)20-16/h7-9H,3-6H2,1-2H3,(H,18,19). The van der Waals surface area contributed by atoms with E-state index in [0.717, 1.165) is 16.9 Å². The second-order valence-electron chi connectivity index (χ2n) is 5.81. The van der Waals surface area contributed by atoms with Gasteiger partial charge in [0.1, 0.15) is 5.82 Å². The predicted octanol–water partition coefficient (Wildman–Crippen LogP) is 4.79. The van der Waals surface area contributed by atoms with Gasteiger partial charge in [-0.2, -0.15) is 0 Å². The molecule has 1 aliphatic carbocycles. The molecule has 1 aromatic carbocycles. The number of aromatic nitrogens is 2. The SMILES string of the molecule is Cc1cc2nc(-c3cc4c(s3)CCCC4)[nH]c2cc1C. The molecular formula is C17H18N2S. The van der Waals surface area contributed by atoms with Gasteiger partial charge in [0.15, 0.2) is 0 Å². The highest BCUT2D eigenvalue weighted by molar-refractivity contribution is 7.15. The molecule has 0 amide bonds. The molecule has 0 radical (unpaired) electrons. The lowest BCUT2D eigenvalue weighted by atomic mass is 9.99. The second kappa shape index (κ2) is 4.45. The first-order chi connectivity index (χ1) is 9.70. The van der Waals surface area contributed by atoms with Crippen molar-refractivity contribution < 1.29 is 0 Å². The van der Waals surface area contributed by atoms with E-state index in [1.807, 2.05) is 11.3 Å². The molecule has 3 heteroatoms. The lowest BCUT2D eigenvalue weighted by Crippen LogP contribution is -1.96. The molecule has 2 aromatic heterocycles. The van der Waals surface area contributed by atoms with Gasteiger partial charge < -0.3 is 4.98 Å². The van der Waals surface area contributed by atoms with Crippen molar-refractivity contribution in [3.8, 4) is 10.7 Å². The van der Waals surface area contributed by atoms with Crippen molar-refractivity contribution >= 4 is 22.4 Å². The summed E-state index contributed by atoms with van der Waals surface area (Å²) in [5, 5.41) is 0. The highest BCUT2D eigenvalue weighted by Gasteiger charge is 2.16. The highest BCUT2D eigenvalue weighted by Crippen LogP contribution is 2.35. The van der Waals surface area contributed by atoms with Crippen LogP contribution in [0.15, 0.2) is 18.2 Å². The molecule has 0 saturated heterocycles. The van der Waals surface area contributed by atoms with Crippen LogP contribution < -0.4 is 0 Å². The number of fused-ring (bicyclic) bond motifs is 2. The largest absolute Gasteiger partial charge is 0.337 e. The number of aromatic amines is 1. The Bertz CT molecular complexity index is 732. The molecule has 0 bridgehead atoms. The lowest BCUT2D eigenvalue weighted by molar-refractivity contribution is 0.697. The normalized spacial score (nSPS) is 14.7. The van der Waals surface area contributed by atoms with Gasteiger partial charge >= 0.3 is 0 Å². The minimum Gasteiger partial charge on any atom is -0.337 e. The summed E-state index contributed by atoms with van der Waals surface area (Å²) >= 11 is 1.92. The predicted molar refractivity (Wildman–Crippen MR) is 85.5 cm³/mol. The first-order valence-corrected chi connectivity index (χ1v) is 8.11. The molecule has 0 spiro atoms. The Morgan fingerprint density at radius 2 is 1.85 bits per heavy atom. The van der Waals surface area contributed by atoms with E-state index in [-0.39, 0.29) is 0 Å². The summed E-state index contributed by atoms with van der Waals surface area (Å²) in [6.45, 7) is 4.30. The number of thiophene rings is 1. The number of hydrogen-bond acceptors (Lipinski definition) is 2. The Hall–Kier alpha value is -1.61. The van der Waals surface area contributed by atoms with Gasteiger partial charge in [0.25, 0.3) is 0 Å². The molecule has 0 saturated carbocycles. The maximum absolute atomic E-state index is 4.78. The van der Waals surface area contributed by atoms with Crippen molar-refractivity contribution in [2.24, 2.45) is 0 Å². The van der Waals surface area contributed by atoms with Crippen LogP contribution in [0.1, 0.15) is 34.4 Å². The number of hydrogen-bond donors (Lipinski definition) is 1. The minimum atomic E-state index is 1.03. The van der Waals surface area contributed by atoms with E-state index in [4.69, 9.17) is 4.98 Å². The maximum Gasteiger partial charge on any atom is 0.148 e. The average Bonchev–Trinajstić information content (AvgIpc) is 3.02. The van der Waals surface area contributed by atoms with Gasteiger partial charge in [-0.1, -0.05) is 0 Å². The summed E-state index contributed by atoms with van der Waals surface area (Å²) in [5.74, 6) is 1.03. The number of H-pyrrole nitrogens is 1. The van der Waals surface area contributed by atoms with Crippen molar-refractivity contribution in [3.05, 3.63) is 39.8 Å². The Morgan fingerprint density at radius 1 is 1.05 bits per heavy atom. The van der Waals surface area contributed by atoms with Gasteiger partial charge in [0.2, 0.25) is 0 Å². The number of nitrogens with zero attached hydrogens (tertiary/aromatic N) is 1. The van der Waals surface area contributed by atoms with Crippen LogP contribution in [0.3, 0.4) is 0 Å². The Kier molecular flexibility index (Phi) is 2.71. The van der Waals surface area contributed by atoms with Gasteiger partial charge in [0.05, 0.1) is 15.9 Å². The van der Waals surface area contributed by atoms with E-state index in [1.54, 1.807) is 10.4 Å². The number of benzene rings is 1. The molecule has 1 aliphatic rings. The molecule has 0 fully saturated rings. The fourth-order valence-corrected chi connectivity index (χ4v) is 4.19. The Balaban J connectivity index is 1.83. The minimum absolute atomic E-state index is 1.03. The van der Waals surface area contributed by atoms with Crippen LogP contribution in [0.4, 0.5) is 0 Å². The van der Waals surface area contributed by atoms with Crippen molar-refractivity contribution in [2.75, 3.05) is 0 Å².